The van der Waals surface area contributed by atoms with Gasteiger partial charge in [-0.25, -0.2) is 0 Å². The van der Waals surface area contributed by atoms with E-state index in [1.807, 2.05) is 13.0 Å². The van der Waals surface area contributed by atoms with E-state index in [1.165, 1.54) is 0 Å². The molecule has 0 atom stereocenters. The van der Waals surface area contributed by atoms with Gasteiger partial charge >= 0.3 is 0 Å². The molecule has 0 spiro atoms. The van der Waals surface area contributed by atoms with E-state index in [0.717, 1.165) is 5.69 Å². The van der Waals surface area contributed by atoms with E-state index >= 15 is 0 Å². The van der Waals surface area contributed by atoms with Gasteiger partial charge in [-0.15, -0.1) is 0 Å². The Balaban J connectivity index is 2.12. The molecule has 2 rings (SSSR count). The summed E-state index contributed by atoms with van der Waals surface area (Å²) in [5.41, 5.74) is 9.03. The lowest BCUT2D eigenvalue weighted by Gasteiger charge is -2.08. The van der Waals surface area contributed by atoms with Crippen molar-refractivity contribution in [3.8, 4) is 6.07 Å². The quantitative estimate of drug-likeness (QED) is 0.890. The SMILES string of the molecule is Cc1nn(CC(=O)Nc2ccc(C#N)cc2Br)c(C)c1N. The molecule has 0 radical (unpaired) electrons. The summed E-state index contributed by atoms with van der Waals surface area (Å²) in [5.74, 6) is -0.217. The maximum atomic E-state index is 12.1. The van der Waals surface area contributed by atoms with Crippen LogP contribution in [0.25, 0.3) is 0 Å². The molecule has 108 valence electrons. The largest absolute Gasteiger partial charge is 0.396 e. The standard InChI is InChI=1S/C14H14BrN5O/c1-8-14(17)9(2)20(19-8)7-13(21)18-12-4-3-10(6-16)5-11(12)15/h3-5H,7,17H2,1-2H3,(H,18,21). The molecule has 0 aliphatic heterocycles. The fourth-order valence-electron chi connectivity index (χ4n) is 1.88. The topological polar surface area (TPSA) is 96.7 Å². The Morgan fingerprint density at radius 1 is 1.52 bits per heavy atom. The first-order chi connectivity index (χ1) is 9.92. The molecule has 0 aliphatic rings. The van der Waals surface area contributed by atoms with Gasteiger partial charge in [-0.1, -0.05) is 0 Å². The molecule has 0 saturated heterocycles. The summed E-state index contributed by atoms with van der Waals surface area (Å²) in [6.45, 7) is 3.70. The fourth-order valence-corrected chi connectivity index (χ4v) is 2.35. The number of nitriles is 1. The Morgan fingerprint density at radius 3 is 2.76 bits per heavy atom. The summed E-state index contributed by atoms with van der Waals surface area (Å²) in [4.78, 5) is 12.1. The third-order valence-electron chi connectivity index (χ3n) is 3.10. The van der Waals surface area contributed by atoms with Gasteiger partial charge in [0.2, 0.25) is 5.91 Å². The van der Waals surface area contributed by atoms with Crippen LogP contribution in [0.15, 0.2) is 22.7 Å². The number of halogens is 1. The van der Waals surface area contributed by atoms with Crippen LogP contribution in [0.2, 0.25) is 0 Å². The lowest BCUT2D eigenvalue weighted by molar-refractivity contribution is -0.116. The van der Waals surface area contributed by atoms with Crippen molar-refractivity contribution in [3.05, 3.63) is 39.6 Å². The van der Waals surface area contributed by atoms with Crippen molar-refractivity contribution < 1.29 is 4.79 Å². The molecule has 1 aromatic carbocycles. The molecule has 0 fully saturated rings. The van der Waals surface area contributed by atoms with Crippen LogP contribution >= 0.6 is 15.9 Å². The third-order valence-corrected chi connectivity index (χ3v) is 3.76. The molecular formula is C14H14BrN5O. The first-order valence-corrected chi connectivity index (χ1v) is 7.00. The van der Waals surface area contributed by atoms with Crippen LogP contribution in [0.1, 0.15) is 17.0 Å². The van der Waals surface area contributed by atoms with Crippen LogP contribution in [-0.2, 0) is 11.3 Å². The number of rotatable bonds is 3. The van der Waals surface area contributed by atoms with E-state index < -0.39 is 0 Å². The highest BCUT2D eigenvalue weighted by Crippen LogP contribution is 2.23. The van der Waals surface area contributed by atoms with Crippen molar-refractivity contribution in [2.45, 2.75) is 20.4 Å². The number of carbonyl (C=O) groups is 1. The highest BCUT2D eigenvalue weighted by Gasteiger charge is 2.12. The van der Waals surface area contributed by atoms with Gasteiger partial charge in [0.15, 0.2) is 0 Å². The number of nitrogens with zero attached hydrogens (tertiary/aromatic N) is 3. The van der Waals surface area contributed by atoms with Crippen molar-refractivity contribution in [1.29, 1.82) is 5.26 Å². The Morgan fingerprint density at radius 2 is 2.24 bits per heavy atom. The molecule has 0 bridgehead atoms. The molecule has 1 heterocycles. The molecule has 0 saturated carbocycles. The summed E-state index contributed by atoms with van der Waals surface area (Å²) < 4.78 is 2.22. The minimum atomic E-state index is -0.217. The van der Waals surface area contributed by atoms with E-state index in [-0.39, 0.29) is 12.5 Å². The smallest absolute Gasteiger partial charge is 0.246 e. The second kappa shape index (κ2) is 5.97. The van der Waals surface area contributed by atoms with Crippen LogP contribution in [0.4, 0.5) is 11.4 Å². The average Bonchev–Trinajstić information content (AvgIpc) is 2.68. The maximum absolute atomic E-state index is 12.1. The number of aryl methyl sites for hydroxylation is 1. The molecule has 0 unspecified atom stereocenters. The molecule has 6 nitrogen and oxygen atoms in total. The van der Waals surface area contributed by atoms with Crippen molar-refractivity contribution in [2.75, 3.05) is 11.1 Å². The molecule has 0 aliphatic carbocycles. The number of nitrogen functional groups attached to an aromatic ring is 1. The third kappa shape index (κ3) is 3.23. The zero-order valence-electron chi connectivity index (χ0n) is 11.6. The number of amides is 1. The number of nitrogens with two attached hydrogens (primary N) is 1. The zero-order chi connectivity index (χ0) is 15.6. The Labute approximate surface area is 130 Å². The van der Waals surface area contributed by atoms with Crippen LogP contribution in [0.3, 0.4) is 0 Å². The molecule has 1 amide bonds. The van der Waals surface area contributed by atoms with E-state index in [0.29, 0.717) is 27.1 Å². The maximum Gasteiger partial charge on any atom is 0.246 e. The van der Waals surface area contributed by atoms with E-state index in [2.05, 4.69) is 26.3 Å². The van der Waals surface area contributed by atoms with Crippen molar-refractivity contribution in [2.24, 2.45) is 0 Å². The fraction of sp³-hybridized carbons (Fsp3) is 0.214. The van der Waals surface area contributed by atoms with Gasteiger partial charge in [0.25, 0.3) is 0 Å². The monoisotopic (exact) mass is 347 g/mol. The van der Waals surface area contributed by atoms with Gasteiger partial charge in [-0.2, -0.15) is 10.4 Å². The number of hydrogen-bond donors (Lipinski definition) is 2. The molecular weight excluding hydrogens is 334 g/mol. The zero-order valence-corrected chi connectivity index (χ0v) is 13.2. The Kier molecular flexibility index (Phi) is 4.29. The molecule has 7 heteroatoms. The number of benzene rings is 1. The van der Waals surface area contributed by atoms with Crippen LogP contribution < -0.4 is 11.1 Å². The van der Waals surface area contributed by atoms with Gasteiger partial charge in [-0.3, -0.25) is 9.48 Å². The van der Waals surface area contributed by atoms with Crippen LogP contribution in [-0.4, -0.2) is 15.7 Å². The summed E-state index contributed by atoms with van der Waals surface area (Å²) in [5, 5.41) is 15.8. The first kappa shape index (κ1) is 15.1. The second-order valence-corrected chi connectivity index (χ2v) is 5.45. The summed E-state index contributed by atoms with van der Waals surface area (Å²) in [6.07, 6.45) is 0. The van der Waals surface area contributed by atoms with E-state index in [1.54, 1.807) is 29.8 Å². The summed E-state index contributed by atoms with van der Waals surface area (Å²) >= 11 is 3.32. The van der Waals surface area contributed by atoms with Crippen LogP contribution in [0.5, 0.6) is 0 Å². The lowest BCUT2D eigenvalue weighted by atomic mass is 10.2. The van der Waals surface area contributed by atoms with Crippen molar-refractivity contribution in [3.63, 3.8) is 0 Å². The molecule has 3 N–H and O–H groups in total. The van der Waals surface area contributed by atoms with E-state index in [9.17, 15) is 4.79 Å². The first-order valence-electron chi connectivity index (χ1n) is 6.21. The minimum absolute atomic E-state index is 0.0797. The van der Waals surface area contributed by atoms with Crippen LogP contribution in [0, 0.1) is 25.2 Å². The number of anilines is 2. The number of aromatic nitrogens is 2. The van der Waals surface area contributed by atoms with Gasteiger partial charge in [-0.05, 0) is 48.0 Å². The highest BCUT2D eigenvalue weighted by atomic mass is 79.9. The molecule has 1 aromatic heterocycles. The van der Waals surface area contributed by atoms with Crippen molar-refractivity contribution >= 4 is 33.2 Å². The highest BCUT2D eigenvalue weighted by molar-refractivity contribution is 9.10. The van der Waals surface area contributed by atoms with E-state index in [4.69, 9.17) is 11.0 Å². The summed E-state index contributed by atoms with van der Waals surface area (Å²) in [6, 6.07) is 7.00. The predicted octanol–water partition coefficient (Wildman–Crippen LogP) is 2.36. The van der Waals surface area contributed by atoms with Gasteiger partial charge in [0, 0.05) is 4.47 Å². The number of hydrogen-bond acceptors (Lipinski definition) is 4. The van der Waals surface area contributed by atoms with Gasteiger partial charge < -0.3 is 11.1 Å². The van der Waals surface area contributed by atoms with Gasteiger partial charge in [0.05, 0.1) is 34.4 Å². The lowest BCUT2D eigenvalue weighted by Crippen LogP contribution is -2.20. The normalized spacial score (nSPS) is 10.2. The molecule has 2 aromatic rings. The minimum Gasteiger partial charge on any atom is -0.396 e. The van der Waals surface area contributed by atoms with Crippen molar-refractivity contribution in [1.82, 2.24) is 9.78 Å². The van der Waals surface area contributed by atoms with Gasteiger partial charge in [0.1, 0.15) is 6.54 Å². The Hall–Kier alpha value is -2.33. The second-order valence-electron chi connectivity index (χ2n) is 4.60. The molecule has 21 heavy (non-hydrogen) atoms. The number of carbonyl (C=O) groups excluding carboxylic acids is 1. The number of nitrogens with one attached hydrogen (secondary N) is 1. The summed E-state index contributed by atoms with van der Waals surface area (Å²) in [7, 11) is 0. The average molecular weight is 348 g/mol. The Bertz CT molecular complexity index is 745. The predicted molar refractivity (Wildman–Crippen MR) is 83.6 cm³/mol.